The third-order valence-corrected chi connectivity index (χ3v) is 5.49. The molecule has 5 nitrogen and oxygen atoms in total. The van der Waals surface area contributed by atoms with E-state index in [1.54, 1.807) is 22.5 Å². The molecule has 126 valence electrons. The second kappa shape index (κ2) is 6.98. The molecule has 0 bridgehead atoms. The SMILES string of the molecule is O=C(Nc1ccc(F)c(Cl)c1)c1cccc2c1CN(CCO)S2=O. The lowest BCUT2D eigenvalue weighted by atomic mass is 10.1. The van der Waals surface area contributed by atoms with Crippen LogP contribution in [0, 0.1) is 5.82 Å². The Bertz CT molecular complexity index is 831. The summed E-state index contributed by atoms with van der Waals surface area (Å²) in [5.74, 6) is -0.956. The molecule has 24 heavy (non-hydrogen) atoms. The number of aliphatic hydroxyl groups excluding tert-OH is 1. The highest BCUT2D eigenvalue weighted by molar-refractivity contribution is 7.83. The zero-order valence-electron chi connectivity index (χ0n) is 12.5. The zero-order chi connectivity index (χ0) is 17.3. The van der Waals surface area contributed by atoms with Gasteiger partial charge in [-0.25, -0.2) is 12.9 Å². The monoisotopic (exact) mass is 368 g/mol. The molecule has 0 aliphatic carbocycles. The summed E-state index contributed by atoms with van der Waals surface area (Å²) in [6, 6.07) is 8.91. The molecule has 1 amide bonds. The van der Waals surface area contributed by atoms with Crippen LogP contribution in [0.15, 0.2) is 41.3 Å². The minimum absolute atomic E-state index is 0.0821. The Kier molecular flexibility index (Phi) is 4.96. The van der Waals surface area contributed by atoms with Gasteiger partial charge in [-0.3, -0.25) is 4.79 Å². The predicted molar refractivity (Wildman–Crippen MR) is 89.7 cm³/mol. The minimum Gasteiger partial charge on any atom is -0.395 e. The second-order valence-corrected chi connectivity index (χ2v) is 7.06. The Morgan fingerprint density at radius 1 is 1.38 bits per heavy atom. The third kappa shape index (κ3) is 3.21. The lowest BCUT2D eigenvalue weighted by molar-refractivity contribution is 0.102. The molecular weight excluding hydrogens is 355 g/mol. The molecule has 2 aromatic rings. The van der Waals surface area contributed by atoms with Crippen LogP contribution < -0.4 is 5.32 Å². The molecule has 1 aliphatic heterocycles. The van der Waals surface area contributed by atoms with Gasteiger partial charge in [-0.15, -0.1) is 0 Å². The van der Waals surface area contributed by atoms with Crippen molar-refractivity contribution in [2.24, 2.45) is 0 Å². The first-order chi connectivity index (χ1) is 11.5. The van der Waals surface area contributed by atoms with Gasteiger partial charge in [0.2, 0.25) is 0 Å². The van der Waals surface area contributed by atoms with E-state index < -0.39 is 22.7 Å². The van der Waals surface area contributed by atoms with Crippen molar-refractivity contribution in [3.63, 3.8) is 0 Å². The number of carbonyl (C=O) groups excluding carboxylic acids is 1. The van der Waals surface area contributed by atoms with Crippen molar-refractivity contribution in [2.45, 2.75) is 11.4 Å². The summed E-state index contributed by atoms with van der Waals surface area (Å²) in [7, 11) is -1.39. The van der Waals surface area contributed by atoms with Crippen molar-refractivity contribution in [3.8, 4) is 0 Å². The zero-order valence-corrected chi connectivity index (χ0v) is 14.0. The number of benzene rings is 2. The number of β-amino-alcohol motifs (C(OH)–C–C–N with tert-alkyl or cyclic N) is 1. The van der Waals surface area contributed by atoms with Crippen molar-refractivity contribution >= 4 is 34.2 Å². The number of nitrogens with zero attached hydrogens (tertiary/aromatic N) is 1. The Morgan fingerprint density at radius 3 is 2.88 bits per heavy atom. The summed E-state index contributed by atoms with van der Waals surface area (Å²) in [4.78, 5) is 13.1. The average molecular weight is 369 g/mol. The van der Waals surface area contributed by atoms with Gasteiger partial charge in [-0.1, -0.05) is 17.7 Å². The fourth-order valence-corrected chi connectivity index (χ4v) is 4.06. The van der Waals surface area contributed by atoms with Gasteiger partial charge in [-0.05, 0) is 35.9 Å². The van der Waals surface area contributed by atoms with Gasteiger partial charge in [0.1, 0.15) is 16.8 Å². The maximum Gasteiger partial charge on any atom is 0.256 e. The van der Waals surface area contributed by atoms with Crippen LogP contribution in [0.3, 0.4) is 0 Å². The normalized spacial score (nSPS) is 16.9. The number of fused-ring (bicyclic) bond motifs is 1. The smallest absolute Gasteiger partial charge is 0.256 e. The molecule has 1 heterocycles. The molecule has 1 aliphatic rings. The molecule has 0 radical (unpaired) electrons. The van der Waals surface area contributed by atoms with E-state index in [1.165, 1.54) is 18.2 Å². The van der Waals surface area contributed by atoms with Crippen LogP contribution >= 0.6 is 11.6 Å². The van der Waals surface area contributed by atoms with Crippen molar-refractivity contribution in [2.75, 3.05) is 18.5 Å². The van der Waals surface area contributed by atoms with Gasteiger partial charge < -0.3 is 10.4 Å². The van der Waals surface area contributed by atoms with Crippen LogP contribution in [0.5, 0.6) is 0 Å². The van der Waals surface area contributed by atoms with E-state index >= 15 is 0 Å². The van der Waals surface area contributed by atoms with Crippen LogP contribution in [0.4, 0.5) is 10.1 Å². The fourth-order valence-electron chi connectivity index (χ4n) is 2.52. The van der Waals surface area contributed by atoms with E-state index in [-0.39, 0.29) is 18.2 Å². The number of anilines is 1. The molecule has 8 heteroatoms. The van der Waals surface area contributed by atoms with Crippen LogP contribution in [0.2, 0.25) is 5.02 Å². The van der Waals surface area contributed by atoms with E-state index in [1.807, 2.05) is 0 Å². The molecule has 0 spiro atoms. The molecule has 0 fully saturated rings. The highest BCUT2D eigenvalue weighted by Crippen LogP contribution is 2.30. The van der Waals surface area contributed by atoms with Crippen LogP contribution in [0.25, 0.3) is 0 Å². The van der Waals surface area contributed by atoms with Gasteiger partial charge >= 0.3 is 0 Å². The van der Waals surface area contributed by atoms with E-state index in [0.29, 0.717) is 28.3 Å². The van der Waals surface area contributed by atoms with Gasteiger partial charge in [0, 0.05) is 24.3 Å². The third-order valence-electron chi connectivity index (χ3n) is 3.66. The standard InChI is InChI=1S/C16H14ClFN2O3S/c17-13-8-10(4-5-14(13)18)19-16(22)11-2-1-3-15-12(11)9-20(6-7-21)24(15)23/h1-5,8,21H,6-7,9H2,(H,19,22). The topological polar surface area (TPSA) is 69.6 Å². The summed E-state index contributed by atoms with van der Waals surface area (Å²) < 4.78 is 27.1. The van der Waals surface area contributed by atoms with Gasteiger partial charge in [0.05, 0.1) is 16.5 Å². The number of rotatable bonds is 4. The highest BCUT2D eigenvalue weighted by atomic mass is 35.5. The first-order valence-corrected chi connectivity index (χ1v) is 8.65. The first-order valence-electron chi connectivity index (χ1n) is 7.17. The lowest BCUT2D eigenvalue weighted by Crippen LogP contribution is -2.23. The summed E-state index contributed by atoms with van der Waals surface area (Å²) in [5.41, 5.74) is 1.42. The van der Waals surface area contributed by atoms with Crippen molar-refractivity contribution in [1.29, 1.82) is 0 Å². The summed E-state index contributed by atoms with van der Waals surface area (Å²) >= 11 is 5.71. The Hall–Kier alpha value is -1.80. The summed E-state index contributed by atoms with van der Waals surface area (Å²) in [6.07, 6.45) is 0. The van der Waals surface area contributed by atoms with Crippen LogP contribution in [-0.4, -0.2) is 32.7 Å². The molecule has 3 rings (SSSR count). The summed E-state index contributed by atoms with van der Waals surface area (Å²) in [5, 5.41) is 11.6. The maximum absolute atomic E-state index is 13.2. The minimum atomic E-state index is -1.39. The predicted octanol–water partition coefficient (Wildman–Crippen LogP) is 2.56. The van der Waals surface area contributed by atoms with E-state index in [4.69, 9.17) is 16.7 Å². The van der Waals surface area contributed by atoms with E-state index in [9.17, 15) is 13.4 Å². The molecule has 2 N–H and O–H groups in total. The lowest BCUT2D eigenvalue weighted by Gasteiger charge is -2.11. The first kappa shape index (κ1) is 17.0. The molecule has 1 atom stereocenters. The van der Waals surface area contributed by atoms with Crippen LogP contribution in [0.1, 0.15) is 15.9 Å². The summed E-state index contributed by atoms with van der Waals surface area (Å²) in [6.45, 7) is 0.460. The van der Waals surface area contributed by atoms with Crippen molar-refractivity contribution < 1.29 is 18.5 Å². The van der Waals surface area contributed by atoms with E-state index in [0.717, 1.165) is 0 Å². The Morgan fingerprint density at radius 2 is 2.17 bits per heavy atom. The van der Waals surface area contributed by atoms with Gasteiger partial charge in [0.25, 0.3) is 5.91 Å². The molecule has 0 aromatic heterocycles. The number of aliphatic hydroxyl groups is 1. The quantitative estimate of drug-likeness (QED) is 0.871. The largest absolute Gasteiger partial charge is 0.395 e. The second-order valence-electron chi connectivity index (χ2n) is 5.20. The molecule has 2 aromatic carbocycles. The number of carbonyl (C=O) groups is 1. The number of halogens is 2. The molecule has 0 saturated heterocycles. The highest BCUT2D eigenvalue weighted by Gasteiger charge is 2.30. The number of hydrogen-bond donors (Lipinski definition) is 2. The van der Waals surface area contributed by atoms with Crippen molar-refractivity contribution in [3.05, 3.63) is 58.4 Å². The average Bonchev–Trinajstić information content (AvgIpc) is 2.88. The van der Waals surface area contributed by atoms with Crippen molar-refractivity contribution in [1.82, 2.24) is 4.31 Å². The molecule has 0 saturated carbocycles. The van der Waals surface area contributed by atoms with Gasteiger partial charge in [-0.2, -0.15) is 0 Å². The number of amides is 1. The number of hydrogen-bond acceptors (Lipinski definition) is 3. The van der Waals surface area contributed by atoms with Gasteiger partial charge in [0.15, 0.2) is 0 Å². The molecular formula is C16H14ClFN2O3S. The molecule has 1 unspecified atom stereocenters. The number of nitrogens with one attached hydrogen (secondary N) is 1. The maximum atomic E-state index is 13.2. The van der Waals surface area contributed by atoms with E-state index in [2.05, 4.69) is 5.32 Å². The fraction of sp³-hybridized carbons (Fsp3) is 0.188. The Labute approximate surface area is 145 Å². The van der Waals surface area contributed by atoms with Crippen LogP contribution in [-0.2, 0) is 17.5 Å². The Balaban J connectivity index is 1.87.